The highest BCUT2D eigenvalue weighted by Crippen LogP contribution is 2.22. The first kappa shape index (κ1) is 22.8. The lowest BCUT2D eigenvalue weighted by Gasteiger charge is -2.24. The van der Waals surface area contributed by atoms with E-state index in [1.807, 2.05) is 13.8 Å². The molecule has 1 atom stereocenters. The van der Waals surface area contributed by atoms with Crippen LogP contribution in [0.25, 0.3) is 0 Å². The third-order valence-electron chi connectivity index (χ3n) is 3.06. The number of aliphatic carboxylic acids is 1. The van der Waals surface area contributed by atoms with Crippen LogP contribution in [0.5, 0.6) is 0 Å². The highest BCUT2D eigenvalue weighted by molar-refractivity contribution is 5.81. The maximum Gasteiger partial charge on any atom is 0.407 e. The normalized spacial score (nSPS) is 12.7. The second kappa shape index (κ2) is 9.90. The van der Waals surface area contributed by atoms with E-state index in [1.165, 1.54) is 0 Å². The summed E-state index contributed by atoms with van der Waals surface area (Å²) in [6.45, 7) is 12.4. The van der Waals surface area contributed by atoms with Crippen LogP contribution in [-0.2, 0) is 14.3 Å². The van der Waals surface area contributed by atoms with Crippen molar-refractivity contribution < 1.29 is 29.0 Å². The summed E-state index contributed by atoms with van der Waals surface area (Å²) in [6.07, 6.45) is 1.73. The molecule has 8 heteroatoms. The zero-order valence-corrected chi connectivity index (χ0v) is 15.7. The molecule has 3 N–H and O–H groups in total. The summed E-state index contributed by atoms with van der Waals surface area (Å²) in [5.74, 6) is -1.29. The zero-order chi connectivity index (χ0) is 19.7. The minimum atomic E-state index is -1.32. The predicted octanol–water partition coefficient (Wildman–Crippen LogP) is 2.68. The lowest BCUT2D eigenvalue weighted by atomic mass is 9.89. The molecule has 8 nitrogen and oxygen atoms in total. The van der Waals surface area contributed by atoms with E-state index < -0.39 is 29.8 Å². The topological polar surface area (TPSA) is 114 Å². The second-order valence-corrected chi connectivity index (χ2v) is 7.49. The van der Waals surface area contributed by atoms with E-state index in [4.69, 9.17) is 14.6 Å². The molecule has 0 aromatic rings. The van der Waals surface area contributed by atoms with Crippen LogP contribution in [0, 0.1) is 5.41 Å². The average molecular weight is 358 g/mol. The van der Waals surface area contributed by atoms with Gasteiger partial charge in [0.2, 0.25) is 0 Å². The van der Waals surface area contributed by atoms with Gasteiger partial charge in [0.1, 0.15) is 11.6 Å². The van der Waals surface area contributed by atoms with Gasteiger partial charge in [-0.05, 0) is 39.0 Å². The van der Waals surface area contributed by atoms with E-state index >= 15 is 0 Å². The van der Waals surface area contributed by atoms with Crippen LogP contribution in [0.1, 0.15) is 47.5 Å². The second-order valence-electron chi connectivity index (χ2n) is 7.49. The molecule has 0 saturated heterocycles. The summed E-state index contributed by atoms with van der Waals surface area (Å²) in [4.78, 5) is 34.5. The van der Waals surface area contributed by atoms with Crippen molar-refractivity contribution in [1.82, 2.24) is 10.6 Å². The molecular weight excluding hydrogens is 328 g/mol. The van der Waals surface area contributed by atoms with Crippen molar-refractivity contribution in [2.75, 3.05) is 13.2 Å². The summed E-state index contributed by atoms with van der Waals surface area (Å²) in [5.41, 5.74) is -0.953. The molecule has 25 heavy (non-hydrogen) atoms. The number of nitrogens with one attached hydrogen (secondary N) is 2. The first-order chi connectivity index (χ1) is 11.4. The number of alkyl carbamates (subject to hydrolysis) is 2. The Kier molecular flexibility index (Phi) is 9.01. The van der Waals surface area contributed by atoms with Gasteiger partial charge in [0.15, 0.2) is 0 Å². The van der Waals surface area contributed by atoms with E-state index in [0.29, 0.717) is 0 Å². The van der Waals surface area contributed by atoms with E-state index in [0.717, 1.165) is 12.8 Å². The smallest absolute Gasteiger partial charge is 0.407 e. The van der Waals surface area contributed by atoms with Crippen molar-refractivity contribution in [3.63, 3.8) is 0 Å². The van der Waals surface area contributed by atoms with Gasteiger partial charge < -0.3 is 25.2 Å². The molecule has 0 saturated carbocycles. The van der Waals surface area contributed by atoms with Crippen LogP contribution < -0.4 is 10.6 Å². The van der Waals surface area contributed by atoms with Crippen LogP contribution in [-0.4, -0.2) is 48.1 Å². The van der Waals surface area contributed by atoms with Crippen LogP contribution in [0.2, 0.25) is 0 Å². The van der Waals surface area contributed by atoms with Crippen molar-refractivity contribution in [2.24, 2.45) is 5.41 Å². The molecule has 0 aliphatic heterocycles. The molecule has 0 aliphatic carbocycles. The number of allylic oxidation sites excluding steroid dienone is 1. The number of carboxylic acids is 1. The molecule has 1 unspecified atom stereocenters. The van der Waals surface area contributed by atoms with Crippen LogP contribution in [0.3, 0.4) is 0 Å². The van der Waals surface area contributed by atoms with Crippen LogP contribution in [0.15, 0.2) is 12.7 Å². The van der Waals surface area contributed by atoms with Gasteiger partial charge in [-0.3, -0.25) is 0 Å². The lowest BCUT2D eigenvalue weighted by molar-refractivity contribution is -0.139. The van der Waals surface area contributed by atoms with E-state index in [2.05, 4.69) is 17.2 Å². The minimum Gasteiger partial charge on any atom is -0.480 e. The van der Waals surface area contributed by atoms with Crippen LogP contribution in [0.4, 0.5) is 9.59 Å². The fourth-order valence-corrected chi connectivity index (χ4v) is 1.71. The molecule has 0 bridgehead atoms. The number of hydrogen-bond donors (Lipinski definition) is 3. The van der Waals surface area contributed by atoms with Crippen molar-refractivity contribution in [3.05, 3.63) is 12.7 Å². The molecule has 0 aliphatic rings. The Morgan fingerprint density at radius 2 is 1.76 bits per heavy atom. The molecule has 0 rings (SSSR count). The van der Waals surface area contributed by atoms with E-state index in [-0.39, 0.29) is 18.6 Å². The molecule has 2 amide bonds. The number of rotatable bonds is 9. The summed E-state index contributed by atoms with van der Waals surface area (Å²) >= 11 is 0. The molecule has 144 valence electrons. The quantitative estimate of drug-likeness (QED) is 0.546. The van der Waals surface area contributed by atoms with Gasteiger partial charge >= 0.3 is 18.2 Å². The van der Waals surface area contributed by atoms with Crippen LogP contribution >= 0.6 is 0 Å². The largest absolute Gasteiger partial charge is 0.480 e. The summed E-state index contributed by atoms with van der Waals surface area (Å²) in [5, 5.41) is 13.7. The number of carboxylic acid groups (broad SMARTS) is 1. The van der Waals surface area contributed by atoms with Gasteiger partial charge in [0.05, 0.1) is 13.2 Å². The SMILES string of the molecule is C=CCCC(C)(C)COC(=O)NC(CNC(=O)OC(C)(C)C)C(=O)O. The maximum atomic E-state index is 11.8. The van der Waals surface area contributed by atoms with Gasteiger partial charge in [-0.1, -0.05) is 19.9 Å². The van der Waals surface area contributed by atoms with Crippen molar-refractivity contribution in [3.8, 4) is 0 Å². The summed E-state index contributed by atoms with van der Waals surface area (Å²) in [7, 11) is 0. The van der Waals surface area contributed by atoms with Gasteiger partial charge in [0.25, 0.3) is 0 Å². The number of carbonyl (C=O) groups excluding carboxylic acids is 2. The highest BCUT2D eigenvalue weighted by Gasteiger charge is 2.25. The molecule has 0 fully saturated rings. The Balaban J connectivity index is 4.42. The third kappa shape index (κ3) is 11.9. The highest BCUT2D eigenvalue weighted by atomic mass is 16.6. The Bertz CT molecular complexity index is 482. The van der Waals surface area contributed by atoms with Crippen molar-refractivity contribution >= 4 is 18.2 Å². The first-order valence-corrected chi connectivity index (χ1v) is 8.10. The Morgan fingerprint density at radius 1 is 1.16 bits per heavy atom. The van der Waals surface area contributed by atoms with Gasteiger partial charge in [0, 0.05) is 0 Å². The Hall–Kier alpha value is -2.25. The average Bonchev–Trinajstić information content (AvgIpc) is 2.45. The summed E-state index contributed by atoms with van der Waals surface area (Å²) < 4.78 is 10.1. The molecule has 0 aromatic carbocycles. The Morgan fingerprint density at radius 3 is 2.24 bits per heavy atom. The van der Waals surface area contributed by atoms with E-state index in [1.54, 1.807) is 26.8 Å². The van der Waals surface area contributed by atoms with Gasteiger partial charge in [-0.25, -0.2) is 14.4 Å². The molecular formula is C17H30N2O6. The number of ether oxygens (including phenoxy) is 2. The fraction of sp³-hybridized carbons (Fsp3) is 0.706. The number of hydrogen-bond acceptors (Lipinski definition) is 5. The maximum absolute atomic E-state index is 11.8. The third-order valence-corrected chi connectivity index (χ3v) is 3.06. The van der Waals surface area contributed by atoms with Gasteiger partial charge in [-0.15, -0.1) is 6.58 Å². The minimum absolute atomic E-state index is 0.137. The standard InChI is InChI=1S/C17H30N2O6/c1-7-8-9-17(5,6)11-24-15(23)19-12(13(20)21)10-18-14(22)25-16(2,3)4/h7,12H,1,8-11H2,2-6H3,(H,18,22)(H,19,23)(H,20,21). The van der Waals surface area contributed by atoms with E-state index in [9.17, 15) is 14.4 Å². The van der Waals surface area contributed by atoms with Gasteiger partial charge in [-0.2, -0.15) is 0 Å². The first-order valence-electron chi connectivity index (χ1n) is 8.10. The number of carbonyl (C=O) groups is 3. The predicted molar refractivity (Wildman–Crippen MR) is 93.4 cm³/mol. The zero-order valence-electron chi connectivity index (χ0n) is 15.7. The Labute approximate surface area is 148 Å². The van der Waals surface area contributed by atoms with Crippen molar-refractivity contribution in [1.29, 1.82) is 0 Å². The molecule has 0 radical (unpaired) electrons. The van der Waals surface area contributed by atoms with Crippen molar-refractivity contribution in [2.45, 2.75) is 59.1 Å². The monoisotopic (exact) mass is 358 g/mol. The molecule has 0 aromatic heterocycles. The molecule has 0 heterocycles. The number of amides is 2. The summed E-state index contributed by atoms with van der Waals surface area (Å²) in [6, 6.07) is -1.32. The fourth-order valence-electron chi connectivity index (χ4n) is 1.71. The lowest BCUT2D eigenvalue weighted by Crippen LogP contribution is -2.49. The molecule has 0 spiro atoms.